The largest absolute Gasteiger partial charge is 0.453 e. The third-order valence-electron chi connectivity index (χ3n) is 6.70. The van der Waals surface area contributed by atoms with Gasteiger partial charge in [0.1, 0.15) is 6.04 Å². The summed E-state index contributed by atoms with van der Waals surface area (Å²) < 4.78 is 65.0. The predicted molar refractivity (Wildman–Crippen MR) is 138 cm³/mol. The first kappa shape index (κ1) is 30.1. The minimum atomic E-state index is -4.69. The molecule has 2 aromatic rings. The lowest BCUT2D eigenvalue weighted by molar-refractivity contribution is -0.138. The topological polar surface area (TPSA) is 126 Å². The number of hydrogen-bond donors (Lipinski definition) is 3. The Hall–Kier alpha value is -3.91. The van der Waals surface area contributed by atoms with Crippen LogP contribution in [0.2, 0.25) is 5.02 Å². The number of halogens is 5. The van der Waals surface area contributed by atoms with Gasteiger partial charge in [-0.15, -0.1) is 0 Å². The number of ether oxygens (including phenoxy) is 2. The van der Waals surface area contributed by atoms with Gasteiger partial charge in [-0.1, -0.05) is 11.6 Å². The highest BCUT2D eigenvalue weighted by Crippen LogP contribution is 2.46. The van der Waals surface area contributed by atoms with Crippen molar-refractivity contribution in [2.75, 3.05) is 30.4 Å². The minimum absolute atomic E-state index is 0.0279. The molecule has 1 saturated heterocycles. The number of hydrogen-bond acceptors (Lipinski definition) is 7. The summed E-state index contributed by atoms with van der Waals surface area (Å²) in [6, 6.07) is 5.66. The van der Waals surface area contributed by atoms with E-state index in [1.165, 1.54) is 30.3 Å². The molecule has 4 rings (SSSR count). The van der Waals surface area contributed by atoms with E-state index >= 15 is 4.39 Å². The van der Waals surface area contributed by atoms with Crippen molar-refractivity contribution in [2.45, 2.75) is 43.5 Å². The van der Waals surface area contributed by atoms with Crippen LogP contribution in [0.4, 0.5) is 38.5 Å². The van der Waals surface area contributed by atoms with E-state index in [-0.39, 0.29) is 40.5 Å². The van der Waals surface area contributed by atoms with Crippen molar-refractivity contribution in [3.05, 3.63) is 58.4 Å². The second-order valence-corrected chi connectivity index (χ2v) is 9.85. The molecule has 2 heterocycles. The van der Waals surface area contributed by atoms with Crippen LogP contribution in [0.15, 0.2) is 36.4 Å². The number of carbonyl (C=O) groups is 4. The van der Waals surface area contributed by atoms with E-state index in [4.69, 9.17) is 16.3 Å². The van der Waals surface area contributed by atoms with Crippen LogP contribution in [-0.2, 0) is 19.9 Å². The second-order valence-electron chi connectivity index (χ2n) is 9.45. The number of imide groups is 1. The molecule has 1 fully saturated rings. The van der Waals surface area contributed by atoms with Gasteiger partial charge in [0.15, 0.2) is 11.4 Å². The minimum Gasteiger partial charge on any atom is -0.453 e. The third kappa shape index (κ3) is 6.54. The number of nitrogens with one attached hydrogen (secondary N) is 3. The molecule has 2 aliphatic rings. The summed E-state index contributed by atoms with van der Waals surface area (Å²) in [6.45, 7) is 0.602. The molecule has 0 saturated carbocycles. The number of amides is 4. The normalized spacial score (nSPS) is 19.2. The molecule has 2 aliphatic heterocycles. The molecular weight excluding hydrogens is 576 g/mol. The van der Waals surface area contributed by atoms with E-state index in [9.17, 15) is 32.3 Å². The van der Waals surface area contributed by atoms with Crippen LogP contribution in [-0.4, -0.2) is 56.4 Å². The van der Waals surface area contributed by atoms with Crippen molar-refractivity contribution < 1.29 is 46.2 Å². The number of alkyl halides is 3. The third-order valence-corrected chi connectivity index (χ3v) is 6.99. The summed E-state index contributed by atoms with van der Waals surface area (Å²) >= 11 is 6.01. The van der Waals surface area contributed by atoms with Gasteiger partial charge in [-0.3, -0.25) is 14.9 Å². The molecule has 15 heteroatoms. The van der Waals surface area contributed by atoms with E-state index < -0.39 is 60.5 Å². The van der Waals surface area contributed by atoms with E-state index in [0.717, 1.165) is 13.2 Å². The fourth-order valence-electron chi connectivity index (χ4n) is 4.75. The lowest BCUT2D eigenvalue weighted by Gasteiger charge is -2.44. The molecule has 1 spiro atoms. The van der Waals surface area contributed by atoms with E-state index in [0.29, 0.717) is 17.9 Å². The van der Waals surface area contributed by atoms with Crippen LogP contribution < -0.4 is 20.9 Å². The van der Waals surface area contributed by atoms with E-state index in [2.05, 4.69) is 20.7 Å². The van der Waals surface area contributed by atoms with Gasteiger partial charge < -0.3 is 20.1 Å². The fourth-order valence-corrected chi connectivity index (χ4v) is 4.90. The Bertz CT molecular complexity index is 1350. The summed E-state index contributed by atoms with van der Waals surface area (Å²) in [5.41, 5.74) is -1.70. The van der Waals surface area contributed by atoms with Crippen molar-refractivity contribution in [3.63, 3.8) is 0 Å². The first-order valence-electron chi connectivity index (χ1n) is 12.4. The number of rotatable bonds is 6. The van der Waals surface area contributed by atoms with Crippen LogP contribution in [0.1, 0.15) is 41.6 Å². The zero-order chi connectivity index (χ0) is 29.9. The molecule has 2 atom stereocenters. The quantitative estimate of drug-likeness (QED) is 0.404. The van der Waals surface area contributed by atoms with Gasteiger partial charge in [0, 0.05) is 24.2 Å². The molecule has 0 unspecified atom stereocenters. The highest BCUT2D eigenvalue weighted by molar-refractivity contribution is 6.31. The highest BCUT2D eigenvalue weighted by atomic mass is 35.5. The molecule has 10 nitrogen and oxygen atoms in total. The number of fused-ring (bicyclic) bond motifs is 2. The summed E-state index contributed by atoms with van der Waals surface area (Å²) in [6.07, 6.45) is -8.35. The van der Waals surface area contributed by atoms with Gasteiger partial charge in [0.2, 0.25) is 0 Å². The Balaban J connectivity index is 1.66. The predicted octanol–water partition coefficient (Wildman–Crippen LogP) is 4.86. The molecule has 2 aromatic carbocycles. The van der Waals surface area contributed by atoms with Crippen LogP contribution in [0.3, 0.4) is 0 Å². The number of benzene rings is 2. The molecule has 4 amide bonds. The zero-order valence-electron chi connectivity index (χ0n) is 21.6. The lowest BCUT2D eigenvalue weighted by atomic mass is 9.83. The Morgan fingerprint density at radius 3 is 2.51 bits per heavy atom. The van der Waals surface area contributed by atoms with Crippen LogP contribution in [0.5, 0.6) is 0 Å². The van der Waals surface area contributed by atoms with Gasteiger partial charge in [0.05, 0.1) is 23.4 Å². The molecule has 41 heavy (non-hydrogen) atoms. The Morgan fingerprint density at radius 1 is 1.20 bits per heavy atom. The second kappa shape index (κ2) is 11.9. The van der Waals surface area contributed by atoms with Gasteiger partial charge in [-0.2, -0.15) is 13.2 Å². The molecule has 220 valence electrons. The number of nitrogens with zero attached hydrogens (tertiary/aromatic N) is 1. The molecule has 0 aromatic heterocycles. The zero-order valence-corrected chi connectivity index (χ0v) is 22.3. The molecule has 3 N–H and O–H groups in total. The van der Waals surface area contributed by atoms with Crippen LogP contribution in [0.25, 0.3) is 0 Å². The molecule has 0 radical (unpaired) electrons. The van der Waals surface area contributed by atoms with Gasteiger partial charge in [-0.05, 0) is 62.2 Å². The monoisotopic (exact) mass is 600 g/mol. The Kier molecular flexibility index (Phi) is 8.73. The van der Waals surface area contributed by atoms with Crippen molar-refractivity contribution in [1.29, 1.82) is 0 Å². The Morgan fingerprint density at radius 2 is 1.90 bits per heavy atom. The van der Waals surface area contributed by atoms with Gasteiger partial charge >= 0.3 is 18.4 Å². The van der Waals surface area contributed by atoms with Crippen molar-refractivity contribution in [3.8, 4) is 0 Å². The van der Waals surface area contributed by atoms with E-state index in [1.807, 2.05) is 0 Å². The number of carbonyl (C=O) groups excluding carboxylic acids is 4. The van der Waals surface area contributed by atoms with E-state index in [1.54, 1.807) is 0 Å². The van der Waals surface area contributed by atoms with Crippen molar-refractivity contribution >= 4 is 47.0 Å². The van der Waals surface area contributed by atoms with Gasteiger partial charge in [-0.25, -0.2) is 18.9 Å². The van der Waals surface area contributed by atoms with Crippen LogP contribution in [0, 0.1) is 5.82 Å². The molecule has 0 bridgehead atoms. The number of anilines is 2. The Labute approximate surface area is 236 Å². The molecular formula is C26H25ClF4N4O6. The summed E-state index contributed by atoms with van der Waals surface area (Å²) in [7, 11) is 1.15. The summed E-state index contributed by atoms with van der Waals surface area (Å²) in [5.74, 6) is -3.12. The van der Waals surface area contributed by atoms with Crippen LogP contribution >= 0.6 is 11.6 Å². The maximum absolute atomic E-state index is 15.4. The van der Waals surface area contributed by atoms with Crippen molar-refractivity contribution in [2.24, 2.45) is 0 Å². The smallest absolute Gasteiger partial charge is 0.422 e. The average Bonchev–Trinajstić information content (AvgIpc) is 2.92. The lowest BCUT2D eigenvalue weighted by Crippen LogP contribution is -2.58. The average molecular weight is 601 g/mol. The maximum Gasteiger partial charge on any atom is 0.422 e. The number of piperidine rings is 1. The fraction of sp³-hybridized carbons (Fsp3) is 0.385. The summed E-state index contributed by atoms with van der Waals surface area (Å²) in [4.78, 5) is 51.6. The standard InChI is InChI=1S/C26H25ClF4N4O6/c1-40-23(38)33-15-5-3-14(4-6-15)21(36)34-17(9-11-26(29,30)31)22(37)35-18-8-7-16(27)20(28)19(18)25(41-24(35)39)10-2-12-32-13-25/h3-8,17,32H,2,9-13H2,1H3,(H,33,38)(H,34,36)/t17-,25-/m0/s1. The first-order chi connectivity index (χ1) is 19.3. The van der Waals surface area contributed by atoms with Crippen molar-refractivity contribution in [1.82, 2.24) is 10.6 Å². The maximum atomic E-state index is 15.4. The molecule has 0 aliphatic carbocycles. The SMILES string of the molecule is COC(=O)Nc1ccc(C(=O)N[C@@H](CCC(F)(F)F)C(=O)N2C(=O)O[C@]3(CCCNC3)c3c2ccc(Cl)c3F)cc1. The first-order valence-corrected chi connectivity index (χ1v) is 12.8. The summed E-state index contributed by atoms with van der Waals surface area (Å²) in [5, 5.41) is 7.33. The highest BCUT2D eigenvalue weighted by Gasteiger charge is 2.51. The number of methoxy groups -OCH3 is 1. The van der Waals surface area contributed by atoms with Gasteiger partial charge in [0.25, 0.3) is 11.8 Å².